The molecule has 1 aromatic heterocycles. The van der Waals surface area contributed by atoms with Gasteiger partial charge in [-0.3, -0.25) is 4.90 Å². The Morgan fingerprint density at radius 3 is 2.53 bits per heavy atom. The van der Waals surface area contributed by atoms with Crippen molar-refractivity contribution >= 4 is 0 Å². The number of nitrogens with zero attached hydrogens (tertiary/aromatic N) is 3. The molecule has 1 unspecified atom stereocenters. The van der Waals surface area contributed by atoms with Crippen LogP contribution in [0.5, 0.6) is 11.6 Å². The van der Waals surface area contributed by atoms with E-state index in [0.29, 0.717) is 30.8 Å². The number of hydrogen-bond donors (Lipinski definition) is 1. The van der Waals surface area contributed by atoms with Crippen molar-refractivity contribution in [2.24, 2.45) is 7.05 Å². The molecule has 32 heavy (non-hydrogen) atoms. The van der Waals surface area contributed by atoms with Crippen molar-refractivity contribution in [2.75, 3.05) is 6.54 Å². The minimum atomic E-state index is -0.339. The summed E-state index contributed by atoms with van der Waals surface area (Å²) in [6.07, 6.45) is 4.88. The number of aliphatic hydroxyl groups excluding tert-OH is 1. The lowest BCUT2D eigenvalue weighted by atomic mass is 10.1. The van der Waals surface area contributed by atoms with Crippen LogP contribution in [0.25, 0.3) is 11.3 Å². The largest absolute Gasteiger partial charge is 0.439 e. The van der Waals surface area contributed by atoms with Gasteiger partial charge < -0.3 is 9.84 Å². The van der Waals surface area contributed by atoms with Crippen LogP contribution in [0, 0.1) is 5.82 Å². The van der Waals surface area contributed by atoms with Crippen molar-refractivity contribution in [3.05, 3.63) is 66.0 Å². The SMILES string of the molecule is CCCCC(O)CN(Cc1c(-c2ccccc2)nn(C)c1Oc1ccc(F)cc1)C1CC1. The van der Waals surface area contributed by atoms with Gasteiger partial charge in [-0.25, -0.2) is 9.07 Å². The van der Waals surface area contributed by atoms with Gasteiger partial charge in [0.25, 0.3) is 0 Å². The molecule has 1 aliphatic carbocycles. The summed E-state index contributed by atoms with van der Waals surface area (Å²) < 4.78 is 21.3. The highest BCUT2D eigenvalue weighted by Gasteiger charge is 2.32. The van der Waals surface area contributed by atoms with Crippen molar-refractivity contribution in [3.8, 4) is 22.9 Å². The molecule has 1 heterocycles. The summed E-state index contributed by atoms with van der Waals surface area (Å²) in [5, 5.41) is 15.4. The van der Waals surface area contributed by atoms with Gasteiger partial charge in [0.2, 0.25) is 5.88 Å². The fourth-order valence-corrected chi connectivity index (χ4v) is 4.05. The average Bonchev–Trinajstić information content (AvgIpc) is 3.60. The van der Waals surface area contributed by atoms with Gasteiger partial charge in [-0.1, -0.05) is 50.1 Å². The van der Waals surface area contributed by atoms with Crippen LogP contribution < -0.4 is 4.74 Å². The Hall–Kier alpha value is -2.70. The minimum absolute atomic E-state index is 0.298. The Kier molecular flexibility index (Phi) is 7.22. The molecule has 6 heteroatoms. The number of halogens is 1. The molecule has 1 atom stereocenters. The summed E-state index contributed by atoms with van der Waals surface area (Å²) in [4.78, 5) is 2.36. The molecule has 0 spiro atoms. The Morgan fingerprint density at radius 1 is 1.16 bits per heavy atom. The van der Waals surface area contributed by atoms with Crippen LogP contribution >= 0.6 is 0 Å². The first-order valence-electron chi connectivity index (χ1n) is 11.5. The van der Waals surface area contributed by atoms with E-state index in [4.69, 9.17) is 9.84 Å². The van der Waals surface area contributed by atoms with E-state index in [1.54, 1.807) is 16.8 Å². The van der Waals surface area contributed by atoms with Crippen LogP contribution in [0.15, 0.2) is 54.6 Å². The molecular formula is C26H32FN3O2. The summed E-state index contributed by atoms with van der Waals surface area (Å²) in [5.74, 6) is 0.911. The fourth-order valence-electron chi connectivity index (χ4n) is 4.05. The molecule has 1 aliphatic rings. The zero-order chi connectivity index (χ0) is 22.5. The molecule has 4 rings (SSSR count). The van der Waals surface area contributed by atoms with E-state index >= 15 is 0 Å². The number of rotatable bonds is 11. The van der Waals surface area contributed by atoms with Gasteiger partial charge >= 0.3 is 0 Å². The Bertz CT molecular complexity index is 1000. The first-order valence-corrected chi connectivity index (χ1v) is 11.5. The second-order valence-corrected chi connectivity index (χ2v) is 8.63. The van der Waals surface area contributed by atoms with Gasteiger partial charge in [0.15, 0.2) is 0 Å². The third-order valence-corrected chi connectivity index (χ3v) is 5.92. The summed E-state index contributed by atoms with van der Waals surface area (Å²) >= 11 is 0. The van der Waals surface area contributed by atoms with Crippen LogP contribution in [0.3, 0.4) is 0 Å². The van der Waals surface area contributed by atoms with E-state index < -0.39 is 0 Å². The number of ether oxygens (including phenoxy) is 1. The first-order chi connectivity index (χ1) is 15.5. The second kappa shape index (κ2) is 10.3. The topological polar surface area (TPSA) is 50.5 Å². The first kappa shape index (κ1) is 22.5. The maximum absolute atomic E-state index is 13.4. The van der Waals surface area contributed by atoms with E-state index in [9.17, 15) is 9.50 Å². The number of aryl methyl sites for hydroxylation is 1. The summed E-state index contributed by atoms with van der Waals surface area (Å²) in [7, 11) is 1.87. The molecule has 0 radical (unpaired) electrons. The number of hydrogen-bond acceptors (Lipinski definition) is 4. The highest BCUT2D eigenvalue weighted by Crippen LogP contribution is 2.37. The smallest absolute Gasteiger partial charge is 0.222 e. The van der Waals surface area contributed by atoms with Gasteiger partial charge in [0, 0.05) is 31.7 Å². The van der Waals surface area contributed by atoms with Crippen LogP contribution in [-0.2, 0) is 13.6 Å². The highest BCUT2D eigenvalue weighted by molar-refractivity contribution is 5.65. The molecule has 0 saturated heterocycles. The molecule has 0 bridgehead atoms. The predicted molar refractivity (Wildman–Crippen MR) is 124 cm³/mol. The van der Waals surface area contributed by atoms with E-state index in [-0.39, 0.29) is 11.9 Å². The lowest BCUT2D eigenvalue weighted by Crippen LogP contribution is -2.34. The lowest BCUT2D eigenvalue weighted by molar-refractivity contribution is 0.0951. The third-order valence-electron chi connectivity index (χ3n) is 5.92. The van der Waals surface area contributed by atoms with Crippen LogP contribution in [0.1, 0.15) is 44.6 Å². The second-order valence-electron chi connectivity index (χ2n) is 8.63. The maximum Gasteiger partial charge on any atom is 0.222 e. The summed E-state index contributed by atoms with van der Waals surface area (Å²) in [5.41, 5.74) is 2.88. The van der Waals surface area contributed by atoms with Gasteiger partial charge in [-0.2, -0.15) is 5.10 Å². The van der Waals surface area contributed by atoms with Gasteiger partial charge in [0.05, 0.1) is 11.7 Å². The third kappa shape index (κ3) is 5.56. The van der Waals surface area contributed by atoms with Crippen molar-refractivity contribution in [2.45, 2.75) is 57.7 Å². The van der Waals surface area contributed by atoms with Gasteiger partial charge in [-0.15, -0.1) is 0 Å². The van der Waals surface area contributed by atoms with Crippen molar-refractivity contribution in [3.63, 3.8) is 0 Å². The standard InChI is InChI=1S/C26H32FN3O2/c1-3-4-10-22(31)17-30(21-13-14-21)18-24-25(19-8-6-5-7-9-19)28-29(2)26(24)32-23-15-11-20(27)12-16-23/h5-9,11-12,15-16,21-22,31H,3-4,10,13-14,17-18H2,1-2H3. The number of aliphatic hydroxyl groups is 1. The molecule has 5 nitrogen and oxygen atoms in total. The lowest BCUT2D eigenvalue weighted by Gasteiger charge is -2.25. The van der Waals surface area contributed by atoms with Crippen LogP contribution in [0.2, 0.25) is 0 Å². The number of benzene rings is 2. The Morgan fingerprint density at radius 2 is 1.88 bits per heavy atom. The maximum atomic E-state index is 13.4. The van der Waals surface area contributed by atoms with E-state index in [2.05, 4.69) is 11.8 Å². The van der Waals surface area contributed by atoms with Crippen LogP contribution in [-0.4, -0.2) is 38.5 Å². The van der Waals surface area contributed by atoms with E-state index in [1.165, 1.54) is 12.1 Å². The molecule has 3 aromatic rings. The van der Waals surface area contributed by atoms with Gasteiger partial charge in [-0.05, 0) is 43.5 Å². The molecule has 0 amide bonds. The van der Waals surface area contributed by atoms with Crippen molar-refractivity contribution in [1.29, 1.82) is 0 Å². The predicted octanol–water partition coefficient (Wildman–Crippen LogP) is 5.53. The molecule has 170 valence electrons. The van der Waals surface area contributed by atoms with Gasteiger partial charge in [0.1, 0.15) is 17.3 Å². The molecule has 2 aromatic carbocycles. The van der Waals surface area contributed by atoms with Crippen LogP contribution in [0.4, 0.5) is 4.39 Å². The molecule has 1 N–H and O–H groups in total. The van der Waals surface area contributed by atoms with E-state index in [0.717, 1.165) is 48.9 Å². The Labute approximate surface area is 189 Å². The average molecular weight is 438 g/mol. The fraction of sp³-hybridized carbons (Fsp3) is 0.423. The number of unbranched alkanes of at least 4 members (excludes halogenated alkanes) is 1. The molecule has 0 aliphatic heterocycles. The van der Waals surface area contributed by atoms with Crippen molar-refractivity contribution < 1.29 is 14.2 Å². The zero-order valence-corrected chi connectivity index (χ0v) is 18.9. The minimum Gasteiger partial charge on any atom is -0.439 e. The molecular weight excluding hydrogens is 405 g/mol. The Balaban J connectivity index is 1.66. The summed E-state index contributed by atoms with van der Waals surface area (Å²) in [6, 6.07) is 16.6. The zero-order valence-electron chi connectivity index (χ0n) is 18.9. The monoisotopic (exact) mass is 437 g/mol. The molecule has 1 saturated carbocycles. The highest BCUT2D eigenvalue weighted by atomic mass is 19.1. The van der Waals surface area contributed by atoms with E-state index in [1.807, 2.05) is 37.4 Å². The van der Waals surface area contributed by atoms with Crippen molar-refractivity contribution in [1.82, 2.24) is 14.7 Å². The number of aromatic nitrogens is 2. The normalized spacial score (nSPS) is 14.7. The molecule has 1 fully saturated rings. The summed E-state index contributed by atoms with van der Waals surface area (Å²) in [6.45, 7) is 3.43. The quantitative estimate of drug-likeness (QED) is 0.428.